The first-order chi connectivity index (χ1) is 13.0. The number of allylic oxidation sites excluding steroid dienone is 1. The molecule has 0 aliphatic heterocycles. The van der Waals surface area contributed by atoms with Gasteiger partial charge in [-0.05, 0) is 25.1 Å². The van der Waals surface area contributed by atoms with Crippen molar-refractivity contribution >= 4 is 28.9 Å². The summed E-state index contributed by atoms with van der Waals surface area (Å²) in [6.07, 6.45) is 2.96. The molecule has 3 nitrogen and oxygen atoms in total. The van der Waals surface area contributed by atoms with Gasteiger partial charge in [0, 0.05) is 34.0 Å². The Balaban J connectivity index is 1.80. The lowest BCUT2D eigenvalue weighted by Crippen LogP contribution is -2.05. The van der Waals surface area contributed by atoms with E-state index in [2.05, 4.69) is 5.32 Å². The molecule has 134 valence electrons. The molecule has 0 unspecified atom stereocenters. The number of halogens is 1. The molecule has 3 aromatic carbocycles. The van der Waals surface area contributed by atoms with Gasteiger partial charge in [-0.1, -0.05) is 71.8 Å². The summed E-state index contributed by atoms with van der Waals surface area (Å²) in [5, 5.41) is 3.51. The van der Waals surface area contributed by atoms with Gasteiger partial charge in [-0.25, -0.2) is 0 Å². The number of nitrogens with one attached hydrogen (secondary N) is 1. The molecule has 0 aliphatic rings. The van der Waals surface area contributed by atoms with Crippen molar-refractivity contribution < 1.29 is 9.59 Å². The number of ketones is 2. The van der Waals surface area contributed by atoms with Gasteiger partial charge in [-0.2, -0.15) is 0 Å². The van der Waals surface area contributed by atoms with Crippen LogP contribution in [0.4, 0.5) is 5.69 Å². The van der Waals surface area contributed by atoms with E-state index in [4.69, 9.17) is 11.6 Å². The highest BCUT2D eigenvalue weighted by Crippen LogP contribution is 2.24. The number of aryl methyl sites for hydroxylation is 1. The molecule has 0 spiro atoms. The first-order valence-corrected chi connectivity index (χ1v) is 8.86. The number of hydrogen-bond acceptors (Lipinski definition) is 3. The summed E-state index contributed by atoms with van der Waals surface area (Å²) in [5.41, 5.74) is 3.31. The van der Waals surface area contributed by atoms with Crippen LogP contribution in [0.3, 0.4) is 0 Å². The molecular formula is C23H18ClNO2. The van der Waals surface area contributed by atoms with E-state index in [1.54, 1.807) is 42.5 Å². The molecule has 3 aromatic rings. The number of anilines is 1. The normalized spacial score (nSPS) is 10.7. The van der Waals surface area contributed by atoms with Crippen LogP contribution in [0, 0.1) is 6.92 Å². The van der Waals surface area contributed by atoms with Gasteiger partial charge in [-0.15, -0.1) is 0 Å². The summed E-state index contributed by atoms with van der Waals surface area (Å²) in [6.45, 7) is 1.97. The van der Waals surface area contributed by atoms with E-state index >= 15 is 0 Å². The van der Waals surface area contributed by atoms with Crippen LogP contribution in [0.25, 0.3) is 0 Å². The maximum Gasteiger partial charge on any atom is 0.195 e. The van der Waals surface area contributed by atoms with Crippen LogP contribution in [0.15, 0.2) is 85.1 Å². The Hall–Kier alpha value is -3.17. The van der Waals surface area contributed by atoms with E-state index in [9.17, 15) is 9.59 Å². The van der Waals surface area contributed by atoms with Crippen LogP contribution in [0.1, 0.15) is 31.8 Å². The van der Waals surface area contributed by atoms with E-state index in [0.29, 0.717) is 27.4 Å². The minimum absolute atomic E-state index is 0.118. The Bertz CT molecular complexity index is 993. The molecule has 0 saturated heterocycles. The van der Waals surface area contributed by atoms with Crippen LogP contribution in [-0.2, 0) is 0 Å². The van der Waals surface area contributed by atoms with Crippen molar-refractivity contribution in [3.63, 3.8) is 0 Å². The van der Waals surface area contributed by atoms with E-state index in [-0.39, 0.29) is 11.6 Å². The third kappa shape index (κ3) is 4.72. The van der Waals surface area contributed by atoms with Gasteiger partial charge >= 0.3 is 0 Å². The average Bonchev–Trinajstić information content (AvgIpc) is 2.69. The minimum atomic E-state index is -0.125. The highest BCUT2D eigenvalue weighted by molar-refractivity contribution is 6.31. The van der Waals surface area contributed by atoms with Crippen molar-refractivity contribution in [3.8, 4) is 0 Å². The molecule has 0 bridgehead atoms. The second kappa shape index (κ2) is 8.47. The van der Waals surface area contributed by atoms with Gasteiger partial charge in [0.15, 0.2) is 11.6 Å². The number of rotatable bonds is 6. The highest BCUT2D eigenvalue weighted by Gasteiger charge is 2.13. The Kier molecular flexibility index (Phi) is 5.84. The molecule has 4 heteroatoms. The summed E-state index contributed by atoms with van der Waals surface area (Å²) in [4.78, 5) is 25.0. The summed E-state index contributed by atoms with van der Waals surface area (Å²) in [5.74, 6) is -0.242. The monoisotopic (exact) mass is 375 g/mol. The maximum absolute atomic E-state index is 12.8. The molecule has 27 heavy (non-hydrogen) atoms. The second-order valence-corrected chi connectivity index (χ2v) is 6.53. The average molecular weight is 376 g/mol. The number of hydrogen-bond donors (Lipinski definition) is 1. The number of carbonyl (C=O) groups is 2. The van der Waals surface area contributed by atoms with E-state index in [1.807, 2.05) is 37.3 Å². The van der Waals surface area contributed by atoms with Crippen LogP contribution < -0.4 is 5.32 Å². The number of benzene rings is 3. The third-order valence-corrected chi connectivity index (χ3v) is 4.31. The zero-order chi connectivity index (χ0) is 19.2. The maximum atomic E-state index is 12.8. The number of carbonyl (C=O) groups excluding carboxylic acids is 2. The van der Waals surface area contributed by atoms with Crippen molar-refractivity contribution in [1.82, 2.24) is 0 Å². The molecule has 3 rings (SSSR count). The lowest BCUT2D eigenvalue weighted by atomic mass is 10.0. The predicted octanol–water partition coefficient (Wildman–Crippen LogP) is 5.69. The zero-order valence-corrected chi connectivity index (χ0v) is 15.5. The fourth-order valence-corrected chi connectivity index (χ4v) is 2.77. The van der Waals surface area contributed by atoms with Gasteiger partial charge in [0.25, 0.3) is 0 Å². The van der Waals surface area contributed by atoms with Crippen LogP contribution in [0.5, 0.6) is 0 Å². The first-order valence-electron chi connectivity index (χ1n) is 8.48. The zero-order valence-electron chi connectivity index (χ0n) is 14.8. The quantitative estimate of drug-likeness (QED) is 0.444. The lowest BCUT2D eigenvalue weighted by molar-refractivity contribution is 0.103. The van der Waals surface area contributed by atoms with Crippen molar-refractivity contribution in [1.29, 1.82) is 0 Å². The SMILES string of the molecule is Cc1ccc(C(=O)C=CNc2cc(Cl)ccc2C(=O)c2ccccc2)cc1. The summed E-state index contributed by atoms with van der Waals surface area (Å²) < 4.78 is 0. The molecule has 0 heterocycles. The van der Waals surface area contributed by atoms with Crippen molar-refractivity contribution in [2.45, 2.75) is 6.92 Å². The summed E-state index contributed by atoms with van der Waals surface area (Å²) in [7, 11) is 0. The van der Waals surface area contributed by atoms with Crippen molar-refractivity contribution in [2.24, 2.45) is 0 Å². The summed E-state index contributed by atoms with van der Waals surface area (Å²) >= 11 is 6.08. The van der Waals surface area contributed by atoms with E-state index < -0.39 is 0 Å². The molecule has 0 radical (unpaired) electrons. The third-order valence-electron chi connectivity index (χ3n) is 4.07. The molecular weight excluding hydrogens is 358 g/mol. The molecule has 1 N–H and O–H groups in total. The lowest BCUT2D eigenvalue weighted by Gasteiger charge is -2.09. The molecule has 0 aliphatic carbocycles. The van der Waals surface area contributed by atoms with Crippen LogP contribution in [0.2, 0.25) is 5.02 Å². The molecule has 0 atom stereocenters. The Morgan fingerprint density at radius 3 is 2.30 bits per heavy atom. The van der Waals surface area contributed by atoms with Crippen molar-refractivity contribution in [2.75, 3.05) is 5.32 Å². The second-order valence-electron chi connectivity index (χ2n) is 6.09. The molecule has 0 fully saturated rings. The largest absolute Gasteiger partial charge is 0.361 e. The minimum Gasteiger partial charge on any atom is -0.361 e. The van der Waals surface area contributed by atoms with E-state index in [0.717, 1.165) is 5.56 Å². The summed E-state index contributed by atoms with van der Waals surface area (Å²) in [6, 6.07) is 21.4. The van der Waals surface area contributed by atoms with Crippen molar-refractivity contribution in [3.05, 3.63) is 112 Å². The van der Waals surface area contributed by atoms with E-state index in [1.165, 1.54) is 12.3 Å². The van der Waals surface area contributed by atoms with Gasteiger partial charge in [-0.3, -0.25) is 9.59 Å². The topological polar surface area (TPSA) is 46.2 Å². The molecule has 0 saturated carbocycles. The van der Waals surface area contributed by atoms with Crippen LogP contribution in [-0.4, -0.2) is 11.6 Å². The Morgan fingerprint density at radius 1 is 0.889 bits per heavy atom. The predicted molar refractivity (Wildman–Crippen MR) is 110 cm³/mol. The van der Waals surface area contributed by atoms with Gasteiger partial charge in [0.1, 0.15) is 0 Å². The fourth-order valence-electron chi connectivity index (χ4n) is 2.60. The standard InChI is InChI=1S/C23H18ClNO2/c1-16-7-9-17(10-8-16)22(26)13-14-25-21-15-19(24)11-12-20(21)23(27)18-5-3-2-4-6-18/h2-15,25H,1H3. The Morgan fingerprint density at radius 2 is 1.59 bits per heavy atom. The van der Waals surface area contributed by atoms with Gasteiger partial charge in [0.05, 0.1) is 5.69 Å². The fraction of sp³-hybridized carbons (Fsp3) is 0.0435. The smallest absolute Gasteiger partial charge is 0.195 e. The Labute approximate surface area is 163 Å². The molecule has 0 amide bonds. The van der Waals surface area contributed by atoms with Gasteiger partial charge in [0.2, 0.25) is 0 Å². The first kappa shape index (κ1) is 18.6. The van der Waals surface area contributed by atoms with Crippen LogP contribution >= 0.6 is 11.6 Å². The molecule has 0 aromatic heterocycles. The highest BCUT2D eigenvalue weighted by atomic mass is 35.5. The van der Waals surface area contributed by atoms with Gasteiger partial charge < -0.3 is 5.32 Å².